The Bertz CT molecular complexity index is 495. The normalized spacial score (nSPS) is 10.8. The van der Waals surface area contributed by atoms with Crippen molar-refractivity contribution in [3.05, 3.63) is 39.6 Å². The maximum Gasteiger partial charge on any atom is 0.134 e. The van der Waals surface area contributed by atoms with Crippen LogP contribution in [0.25, 0.3) is 10.6 Å². The largest absolute Gasteiger partial charge is 0.241 e. The van der Waals surface area contributed by atoms with Crippen LogP contribution in [0.1, 0.15) is 12.1 Å². The van der Waals surface area contributed by atoms with Gasteiger partial charge in [0, 0.05) is 15.7 Å². The molecule has 0 unspecified atom stereocenters. The SMILES string of the molecule is Fc1cccc(Br)c1-c1nc(CCCCl)cs1. The van der Waals surface area contributed by atoms with Crippen molar-refractivity contribution in [1.29, 1.82) is 0 Å². The zero-order valence-electron chi connectivity index (χ0n) is 8.92. The Hall–Kier alpha value is -0.450. The van der Waals surface area contributed by atoms with Gasteiger partial charge in [-0.25, -0.2) is 9.37 Å². The minimum Gasteiger partial charge on any atom is -0.241 e. The molecule has 1 nitrogen and oxygen atoms in total. The molecule has 1 heterocycles. The maximum atomic E-state index is 13.7. The Balaban J connectivity index is 2.30. The molecule has 0 N–H and O–H groups in total. The first-order valence-electron chi connectivity index (χ1n) is 5.17. The summed E-state index contributed by atoms with van der Waals surface area (Å²) in [6.07, 6.45) is 1.73. The average Bonchev–Trinajstić information content (AvgIpc) is 2.75. The van der Waals surface area contributed by atoms with Crippen LogP contribution in [0.15, 0.2) is 28.1 Å². The molecule has 0 bridgehead atoms. The van der Waals surface area contributed by atoms with E-state index in [1.54, 1.807) is 6.07 Å². The zero-order valence-corrected chi connectivity index (χ0v) is 12.1. The predicted molar refractivity (Wildman–Crippen MR) is 74.2 cm³/mol. The molecule has 2 rings (SSSR count). The van der Waals surface area contributed by atoms with Crippen LogP contribution >= 0.6 is 38.9 Å². The summed E-state index contributed by atoms with van der Waals surface area (Å²) in [5, 5.41) is 2.67. The fourth-order valence-electron chi connectivity index (χ4n) is 1.49. The summed E-state index contributed by atoms with van der Waals surface area (Å²) in [6, 6.07) is 4.93. The number of nitrogens with zero attached hydrogens (tertiary/aromatic N) is 1. The Morgan fingerprint density at radius 3 is 2.94 bits per heavy atom. The Labute approximate surface area is 117 Å². The van der Waals surface area contributed by atoms with Gasteiger partial charge in [0.05, 0.1) is 11.3 Å². The topological polar surface area (TPSA) is 12.9 Å². The molecule has 0 fully saturated rings. The van der Waals surface area contributed by atoms with Crippen molar-refractivity contribution in [2.24, 2.45) is 0 Å². The lowest BCUT2D eigenvalue weighted by atomic mass is 10.2. The lowest BCUT2D eigenvalue weighted by molar-refractivity contribution is 0.630. The van der Waals surface area contributed by atoms with E-state index in [4.69, 9.17) is 11.6 Å². The zero-order chi connectivity index (χ0) is 12.3. The van der Waals surface area contributed by atoms with Gasteiger partial charge in [-0.1, -0.05) is 6.07 Å². The van der Waals surface area contributed by atoms with Crippen LogP contribution in [0.4, 0.5) is 4.39 Å². The van der Waals surface area contributed by atoms with Crippen LogP contribution in [0.5, 0.6) is 0 Å². The summed E-state index contributed by atoms with van der Waals surface area (Å²) < 4.78 is 14.4. The van der Waals surface area contributed by atoms with Crippen molar-refractivity contribution in [2.75, 3.05) is 5.88 Å². The molecule has 0 saturated heterocycles. The molecule has 0 radical (unpaired) electrons. The van der Waals surface area contributed by atoms with E-state index in [2.05, 4.69) is 20.9 Å². The highest BCUT2D eigenvalue weighted by Crippen LogP contribution is 2.33. The number of hydrogen-bond donors (Lipinski definition) is 0. The Kier molecular flexibility index (Phi) is 4.54. The molecule has 1 aromatic heterocycles. The van der Waals surface area contributed by atoms with Crippen LogP contribution in [0.2, 0.25) is 0 Å². The monoisotopic (exact) mass is 333 g/mol. The highest BCUT2D eigenvalue weighted by molar-refractivity contribution is 9.10. The van der Waals surface area contributed by atoms with Crippen molar-refractivity contribution in [2.45, 2.75) is 12.8 Å². The molecule has 0 aliphatic rings. The molecule has 0 spiro atoms. The third-order valence-electron chi connectivity index (χ3n) is 2.29. The fourth-order valence-corrected chi connectivity index (χ4v) is 3.19. The van der Waals surface area contributed by atoms with Gasteiger partial charge in [-0.15, -0.1) is 22.9 Å². The molecule has 0 saturated carbocycles. The van der Waals surface area contributed by atoms with E-state index in [9.17, 15) is 4.39 Å². The van der Waals surface area contributed by atoms with E-state index in [-0.39, 0.29) is 5.82 Å². The van der Waals surface area contributed by atoms with Gasteiger partial charge in [0.1, 0.15) is 10.8 Å². The van der Waals surface area contributed by atoms with Crippen molar-refractivity contribution in [3.8, 4) is 10.6 Å². The highest BCUT2D eigenvalue weighted by Gasteiger charge is 2.12. The average molecular weight is 335 g/mol. The van der Waals surface area contributed by atoms with E-state index in [1.165, 1.54) is 17.4 Å². The Morgan fingerprint density at radius 2 is 2.24 bits per heavy atom. The fraction of sp³-hybridized carbons (Fsp3) is 0.250. The van der Waals surface area contributed by atoms with Crippen LogP contribution in [-0.2, 0) is 6.42 Å². The summed E-state index contributed by atoms with van der Waals surface area (Å²) in [5.74, 6) is 0.369. The number of rotatable bonds is 4. The lowest BCUT2D eigenvalue weighted by Gasteiger charge is -2.01. The summed E-state index contributed by atoms with van der Waals surface area (Å²) in [5.41, 5.74) is 1.51. The van der Waals surface area contributed by atoms with Crippen LogP contribution in [0.3, 0.4) is 0 Å². The van der Waals surface area contributed by atoms with Crippen LogP contribution in [-0.4, -0.2) is 10.9 Å². The van der Waals surface area contributed by atoms with E-state index >= 15 is 0 Å². The molecular formula is C12H10BrClFNS. The maximum absolute atomic E-state index is 13.7. The summed E-state index contributed by atoms with van der Waals surface area (Å²) in [4.78, 5) is 4.43. The van der Waals surface area contributed by atoms with Gasteiger partial charge >= 0.3 is 0 Å². The quantitative estimate of drug-likeness (QED) is 0.726. The second kappa shape index (κ2) is 5.94. The molecule has 0 aliphatic carbocycles. The minimum absolute atomic E-state index is 0.252. The predicted octanol–water partition coefficient (Wildman–Crippen LogP) is 4.88. The standard InChI is InChI=1S/C12H10BrClFNS/c13-9-4-1-5-10(15)11(9)12-16-8(7-17-12)3-2-6-14/h1,4-5,7H,2-3,6H2. The van der Waals surface area contributed by atoms with Gasteiger partial charge in [-0.3, -0.25) is 0 Å². The van der Waals surface area contributed by atoms with E-state index in [0.29, 0.717) is 16.5 Å². The van der Waals surface area contributed by atoms with Crippen molar-refractivity contribution < 1.29 is 4.39 Å². The smallest absolute Gasteiger partial charge is 0.134 e. The molecule has 1 aromatic carbocycles. The molecule has 17 heavy (non-hydrogen) atoms. The van der Waals surface area contributed by atoms with Gasteiger partial charge in [-0.05, 0) is 40.9 Å². The van der Waals surface area contributed by atoms with Gasteiger partial charge in [0.2, 0.25) is 0 Å². The summed E-state index contributed by atoms with van der Waals surface area (Å²) >= 11 is 10.4. The van der Waals surface area contributed by atoms with E-state index < -0.39 is 0 Å². The number of thiazole rings is 1. The van der Waals surface area contributed by atoms with Crippen molar-refractivity contribution >= 4 is 38.9 Å². The molecule has 90 valence electrons. The third kappa shape index (κ3) is 3.06. The Morgan fingerprint density at radius 1 is 1.41 bits per heavy atom. The number of halogens is 3. The van der Waals surface area contributed by atoms with Gasteiger partial charge in [-0.2, -0.15) is 0 Å². The lowest BCUT2D eigenvalue weighted by Crippen LogP contribution is -1.89. The van der Waals surface area contributed by atoms with E-state index in [0.717, 1.165) is 23.0 Å². The molecule has 0 amide bonds. The van der Waals surface area contributed by atoms with Crippen molar-refractivity contribution in [3.63, 3.8) is 0 Å². The highest BCUT2D eigenvalue weighted by atomic mass is 79.9. The first kappa shape index (κ1) is 13.0. The third-order valence-corrected chi connectivity index (χ3v) is 4.13. The van der Waals surface area contributed by atoms with Gasteiger partial charge in [0.15, 0.2) is 0 Å². The molecular weight excluding hydrogens is 325 g/mol. The van der Waals surface area contributed by atoms with Crippen LogP contribution in [0, 0.1) is 5.82 Å². The molecule has 2 aromatic rings. The molecule has 0 atom stereocenters. The number of hydrogen-bond acceptors (Lipinski definition) is 2. The number of alkyl halides is 1. The summed E-state index contributed by atoms with van der Waals surface area (Å²) in [7, 11) is 0. The number of aromatic nitrogens is 1. The van der Waals surface area contributed by atoms with Gasteiger partial charge < -0.3 is 0 Å². The van der Waals surface area contributed by atoms with Crippen LogP contribution < -0.4 is 0 Å². The second-order valence-electron chi connectivity index (χ2n) is 3.53. The minimum atomic E-state index is -0.252. The summed E-state index contributed by atoms with van der Waals surface area (Å²) in [6.45, 7) is 0. The molecule has 5 heteroatoms. The van der Waals surface area contributed by atoms with Gasteiger partial charge in [0.25, 0.3) is 0 Å². The first-order chi connectivity index (χ1) is 8.22. The number of aryl methyl sites for hydroxylation is 1. The second-order valence-corrected chi connectivity index (χ2v) is 5.62. The van der Waals surface area contributed by atoms with Crippen molar-refractivity contribution in [1.82, 2.24) is 4.98 Å². The number of benzene rings is 1. The van der Waals surface area contributed by atoms with E-state index in [1.807, 2.05) is 11.4 Å². The molecule has 0 aliphatic heterocycles. The first-order valence-corrected chi connectivity index (χ1v) is 7.38.